The lowest BCUT2D eigenvalue weighted by Gasteiger charge is -2.22. The van der Waals surface area contributed by atoms with Gasteiger partial charge in [-0.1, -0.05) is 24.3 Å². The van der Waals surface area contributed by atoms with Crippen LogP contribution in [0.5, 0.6) is 5.75 Å². The van der Waals surface area contributed by atoms with Gasteiger partial charge in [0.15, 0.2) is 6.61 Å². The lowest BCUT2D eigenvalue weighted by Crippen LogP contribution is -2.33. The molecule has 0 fully saturated rings. The van der Waals surface area contributed by atoms with E-state index < -0.39 is 5.97 Å². The minimum atomic E-state index is -1.29. The quantitative estimate of drug-likeness (QED) is 0.631. The predicted octanol–water partition coefficient (Wildman–Crippen LogP) is 1.52. The molecule has 7 nitrogen and oxygen atoms in total. The number of carboxylic acid groups (broad SMARTS) is 1. The summed E-state index contributed by atoms with van der Waals surface area (Å²) in [5, 5.41) is 18.8. The Balaban J connectivity index is 2.13. The molecule has 27 heavy (non-hydrogen) atoms. The monoisotopic (exact) mass is 366 g/mol. The zero-order valence-electron chi connectivity index (χ0n) is 15.3. The summed E-state index contributed by atoms with van der Waals surface area (Å²) < 4.78 is 5.38. The number of carboxylic acids is 1. The fourth-order valence-corrected chi connectivity index (χ4v) is 2.60. The molecule has 7 heteroatoms. The molecule has 1 amide bonds. The van der Waals surface area contributed by atoms with Gasteiger partial charge in [-0.3, -0.25) is 4.79 Å². The van der Waals surface area contributed by atoms with Crippen molar-refractivity contribution in [3.05, 3.63) is 59.2 Å². The van der Waals surface area contributed by atoms with Crippen LogP contribution in [0.25, 0.3) is 0 Å². The first kappa shape index (κ1) is 18.4. The molecule has 0 aliphatic carbocycles. The van der Waals surface area contributed by atoms with Crippen molar-refractivity contribution >= 4 is 23.3 Å². The van der Waals surface area contributed by atoms with E-state index in [0.717, 1.165) is 0 Å². The van der Waals surface area contributed by atoms with Gasteiger partial charge >= 0.3 is 0 Å². The van der Waals surface area contributed by atoms with E-state index in [1.807, 2.05) is 20.8 Å². The van der Waals surface area contributed by atoms with E-state index in [-0.39, 0.29) is 23.6 Å². The molecule has 2 aromatic carbocycles. The third kappa shape index (κ3) is 4.25. The van der Waals surface area contributed by atoms with Gasteiger partial charge in [-0.25, -0.2) is 0 Å². The molecule has 0 spiro atoms. The van der Waals surface area contributed by atoms with Gasteiger partial charge in [-0.2, -0.15) is 5.10 Å². The Morgan fingerprint density at radius 3 is 2.56 bits per heavy atom. The van der Waals surface area contributed by atoms with Crippen molar-refractivity contribution in [1.82, 2.24) is 5.43 Å². The molecule has 1 aliphatic heterocycles. The number of rotatable bonds is 4. The van der Waals surface area contributed by atoms with Crippen molar-refractivity contribution < 1.29 is 19.4 Å². The molecule has 3 rings (SSSR count). The van der Waals surface area contributed by atoms with E-state index in [1.54, 1.807) is 36.4 Å². The zero-order chi connectivity index (χ0) is 19.6. The van der Waals surface area contributed by atoms with Crippen LogP contribution in [0.1, 0.15) is 42.3 Å². The Kier molecular flexibility index (Phi) is 4.85. The van der Waals surface area contributed by atoms with Crippen LogP contribution in [0.2, 0.25) is 0 Å². The van der Waals surface area contributed by atoms with Crippen LogP contribution in [0.4, 0.5) is 5.69 Å². The van der Waals surface area contributed by atoms with Crippen LogP contribution in [0.15, 0.2) is 47.6 Å². The van der Waals surface area contributed by atoms with E-state index in [9.17, 15) is 14.7 Å². The van der Waals surface area contributed by atoms with Gasteiger partial charge in [0.1, 0.15) is 5.75 Å². The number of hydrogen-bond donors (Lipinski definition) is 2. The molecule has 0 radical (unpaired) electrons. The summed E-state index contributed by atoms with van der Waals surface area (Å²) in [6.07, 6.45) is 0. The lowest BCUT2D eigenvalue weighted by atomic mass is 9.97. The first-order valence-corrected chi connectivity index (χ1v) is 8.47. The number of aromatic carboxylic acids is 1. The third-order valence-electron chi connectivity index (χ3n) is 3.79. The molecule has 140 valence electrons. The normalized spacial score (nSPS) is 14.0. The zero-order valence-corrected chi connectivity index (χ0v) is 15.3. The van der Waals surface area contributed by atoms with Crippen molar-refractivity contribution in [3.8, 4) is 5.75 Å². The average molecular weight is 366 g/mol. The number of nitrogens with one attached hydrogen (secondary N) is 2. The number of hydrazone groups is 1. The summed E-state index contributed by atoms with van der Waals surface area (Å²) in [5.41, 5.74) is 4.72. The molecular weight excluding hydrogens is 346 g/mol. The van der Waals surface area contributed by atoms with E-state index in [1.165, 1.54) is 6.07 Å². The molecule has 0 atom stereocenters. The summed E-state index contributed by atoms with van der Waals surface area (Å²) in [4.78, 5) is 23.2. The van der Waals surface area contributed by atoms with Gasteiger partial charge in [0.05, 0.1) is 17.4 Å². The number of carbonyl (C=O) groups is 2. The molecule has 0 saturated heterocycles. The average Bonchev–Trinajstić information content (AvgIpc) is 2.61. The van der Waals surface area contributed by atoms with E-state index in [2.05, 4.69) is 15.8 Å². The van der Waals surface area contributed by atoms with Crippen LogP contribution >= 0.6 is 0 Å². The molecular formula is C20H20N3O4-. The van der Waals surface area contributed by atoms with Gasteiger partial charge in [0, 0.05) is 22.2 Å². The fourth-order valence-electron chi connectivity index (χ4n) is 2.60. The van der Waals surface area contributed by atoms with Gasteiger partial charge in [-0.05, 0) is 39.0 Å². The highest BCUT2D eigenvalue weighted by molar-refractivity contribution is 6.17. The predicted molar refractivity (Wildman–Crippen MR) is 99.9 cm³/mol. The van der Waals surface area contributed by atoms with Crippen LogP contribution in [0.3, 0.4) is 0 Å². The first-order chi connectivity index (χ1) is 12.7. The fraction of sp³-hybridized carbons (Fsp3) is 0.250. The maximum atomic E-state index is 11.6. The van der Waals surface area contributed by atoms with Crippen molar-refractivity contribution in [2.45, 2.75) is 26.3 Å². The summed E-state index contributed by atoms with van der Waals surface area (Å²) in [7, 11) is 0. The molecule has 0 unspecified atom stereocenters. The van der Waals surface area contributed by atoms with Gasteiger partial charge in [0.25, 0.3) is 5.91 Å². The third-order valence-corrected chi connectivity index (χ3v) is 3.79. The molecule has 1 heterocycles. The highest BCUT2D eigenvalue weighted by Gasteiger charge is 2.20. The molecule has 2 aromatic rings. The van der Waals surface area contributed by atoms with Crippen LogP contribution in [0, 0.1) is 0 Å². The summed E-state index contributed by atoms with van der Waals surface area (Å²) in [6, 6.07) is 11.7. The van der Waals surface area contributed by atoms with Crippen molar-refractivity contribution in [3.63, 3.8) is 0 Å². The van der Waals surface area contributed by atoms with E-state index in [0.29, 0.717) is 28.3 Å². The molecule has 0 bridgehead atoms. The summed E-state index contributed by atoms with van der Waals surface area (Å²) in [5.74, 6) is -0.987. The van der Waals surface area contributed by atoms with E-state index >= 15 is 0 Å². The number of fused-ring (bicyclic) bond motifs is 1. The Morgan fingerprint density at radius 2 is 1.89 bits per heavy atom. The standard InChI is InChI=1S/C20H21N3O4/c1-20(2,3)23-22-18(13-6-4-5-7-14(13)19(25)26)12-8-9-16-15(10-12)21-17(24)11-27-16/h4-10,23H,11H2,1-3H3,(H,21,24)(H,25,26)/p-1/b22-18+. The number of benzene rings is 2. The second-order valence-corrected chi connectivity index (χ2v) is 7.20. The number of ether oxygens (including phenoxy) is 1. The molecule has 2 N–H and O–H groups in total. The first-order valence-electron chi connectivity index (χ1n) is 8.47. The van der Waals surface area contributed by atoms with Crippen molar-refractivity contribution in [2.75, 3.05) is 11.9 Å². The minimum Gasteiger partial charge on any atom is -0.545 e. The highest BCUT2D eigenvalue weighted by atomic mass is 16.5. The number of anilines is 1. The van der Waals surface area contributed by atoms with E-state index in [4.69, 9.17) is 4.74 Å². The number of nitrogens with zero attached hydrogens (tertiary/aromatic N) is 1. The second-order valence-electron chi connectivity index (χ2n) is 7.20. The number of carbonyl (C=O) groups excluding carboxylic acids is 2. The Morgan fingerprint density at radius 1 is 1.19 bits per heavy atom. The lowest BCUT2D eigenvalue weighted by molar-refractivity contribution is -0.255. The van der Waals surface area contributed by atoms with Crippen LogP contribution in [-0.4, -0.2) is 29.7 Å². The maximum Gasteiger partial charge on any atom is 0.262 e. The topological polar surface area (TPSA) is 103 Å². The summed E-state index contributed by atoms with van der Waals surface area (Å²) >= 11 is 0. The van der Waals surface area contributed by atoms with Gasteiger partial charge in [0.2, 0.25) is 0 Å². The molecule has 0 aromatic heterocycles. The van der Waals surface area contributed by atoms with Crippen LogP contribution < -0.4 is 20.6 Å². The van der Waals surface area contributed by atoms with Gasteiger partial charge in [-0.15, -0.1) is 0 Å². The van der Waals surface area contributed by atoms with Crippen LogP contribution in [-0.2, 0) is 4.79 Å². The Bertz CT molecular complexity index is 929. The minimum absolute atomic E-state index is 0.0324. The second kappa shape index (κ2) is 7.11. The van der Waals surface area contributed by atoms with Crippen molar-refractivity contribution in [1.29, 1.82) is 0 Å². The molecule has 1 aliphatic rings. The largest absolute Gasteiger partial charge is 0.545 e. The Hall–Kier alpha value is -3.35. The van der Waals surface area contributed by atoms with Gasteiger partial charge < -0.3 is 25.4 Å². The number of amides is 1. The smallest absolute Gasteiger partial charge is 0.262 e. The highest BCUT2D eigenvalue weighted by Crippen LogP contribution is 2.30. The SMILES string of the molecule is CC(C)(C)N/N=C(\c1ccc2c(c1)NC(=O)CO2)c1ccccc1C(=O)[O-]. The Labute approximate surface area is 157 Å². The molecule has 0 saturated carbocycles. The maximum absolute atomic E-state index is 11.6. The van der Waals surface area contributed by atoms with Crippen molar-refractivity contribution in [2.24, 2.45) is 5.10 Å². The summed E-state index contributed by atoms with van der Waals surface area (Å²) in [6.45, 7) is 5.80. The number of hydrogen-bond acceptors (Lipinski definition) is 6.